The number of fused-ring (bicyclic) bond motifs is 15. The molecule has 0 saturated carbocycles. The highest BCUT2D eigenvalue weighted by Gasteiger charge is 2.39. The Kier molecular flexibility index (Phi) is 21.1. The predicted molar refractivity (Wildman–Crippen MR) is 613 cm³/mol. The van der Waals surface area contributed by atoms with Gasteiger partial charge in [-0.2, -0.15) is 0 Å². The number of nitrogens with zero attached hydrogens (tertiary/aromatic N) is 8. The van der Waals surface area contributed by atoms with Crippen molar-refractivity contribution < 1.29 is 0 Å². The molecule has 21 aromatic carbocycles. The zero-order valence-electron chi connectivity index (χ0n) is 79.8. The lowest BCUT2D eigenvalue weighted by Gasteiger charge is -2.29. The van der Waals surface area contributed by atoms with Gasteiger partial charge in [0.15, 0.2) is 23.3 Å². The summed E-state index contributed by atoms with van der Waals surface area (Å²) < 4.78 is 5.05. The fourth-order valence-electron chi connectivity index (χ4n) is 22.4. The minimum Gasteiger partial charge on any atom is -0.333 e. The highest BCUT2D eigenvalue weighted by atomic mass is 32.1. The van der Waals surface area contributed by atoms with E-state index in [-0.39, 0.29) is 12.0 Å². The van der Waals surface area contributed by atoms with Crippen LogP contribution in [-0.2, 0) is 0 Å². The second-order valence-corrected chi connectivity index (χ2v) is 39.4. The number of aromatic nitrogens is 7. The van der Waals surface area contributed by atoms with Gasteiger partial charge in [-0.1, -0.05) is 406 Å². The lowest BCUT2D eigenvalue weighted by molar-refractivity contribution is 0.744. The molecule has 0 N–H and O–H groups in total. The smallest absolute Gasteiger partial charge is 0.164 e. The van der Waals surface area contributed by atoms with E-state index in [9.17, 15) is 0 Å². The van der Waals surface area contributed by atoms with Gasteiger partial charge in [-0.3, -0.25) is 0 Å². The molecule has 147 heavy (non-hydrogen) atoms. The van der Waals surface area contributed by atoms with Crippen molar-refractivity contribution in [3.8, 4) is 185 Å². The fraction of sp³-hybridized carbons (Fsp3) is 0.0145. The number of allylic oxidation sites excluding steroid dienone is 2. The molecule has 26 aromatic rings. The number of hydrogen-bond donors (Lipinski definition) is 0. The van der Waals surface area contributed by atoms with Crippen LogP contribution in [0, 0.1) is 0 Å². The SMILES string of the molecule is C1=CC2c3cc(-c4ccc5c6cc(-c7cccc(-c8cccc(-c9nc(-c%10ccccc%10)nc(-c%10cccc(-c%11cccc(-c%12cc(-c%13cccc(-c%14ccc(-c%15cccc(-c%16cccc%17c%16sc%16ccccc%16%17)c%15)cc%14)c%13)cc(-c%13ccccc%13)n%12)c%11)c%10)n9)c8)c7)ccc6c6ccccc6c5c4)ccc3N(c3cc(-c4nc(-c5ccccc5)cc(-c5ccccc5)n4)cc(-n4c5ccccc5c5ccccc54)c3)C2C=C1. The van der Waals surface area contributed by atoms with E-state index in [0.717, 1.165) is 162 Å². The zero-order valence-corrected chi connectivity index (χ0v) is 80.6. The van der Waals surface area contributed by atoms with Gasteiger partial charge in [0.1, 0.15) is 0 Å². The van der Waals surface area contributed by atoms with Crippen molar-refractivity contribution in [3.63, 3.8) is 0 Å². The van der Waals surface area contributed by atoms with Gasteiger partial charge in [0.25, 0.3) is 0 Å². The minimum absolute atomic E-state index is 0.0108. The van der Waals surface area contributed by atoms with Crippen LogP contribution in [0.25, 0.3) is 260 Å². The van der Waals surface area contributed by atoms with Crippen LogP contribution in [0.4, 0.5) is 11.4 Å². The lowest BCUT2D eigenvalue weighted by Crippen LogP contribution is -2.28. The van der Waals surface area contributed by atoms with Gasteiger partial charge >= 0.3 is 0 Å². The quantitative estimate of drug-likeness (QED) is 0.0791. The largest absolute Gasteiger partial charge is 0.333 e. The Balaban J connectivity index is 0.476. The summed E-state index contributed by atoms with van der Waals surface area (Å²) in [6.07, 6.45) is 9.19. The second-order valence-electron chi connectivity index (χ2n) is 38.3. The number of anilines is 2. The summed E-state index contributed by atoms with van der Waals surface area (Å²) in [5.74, 6) is 2.47. The summed E-state index contributed by atoms with van der Waals surface area (Å²) in [5.41, 5.74) is 36.0. The van der Waals surface area contributed by atoms with Gasteiger partial charge in [-0.15, -0.1) is 11.3 Å². The molecule has 28 rings (SSSR count). The van der Waals surface area contributed by atoms with Gasteiger partial charge in [0.2, 0.25) is 0 Å². The molecule has 1 aliphatic heterocycles. The van der Waals surface area contributed by atoms with Crippen LogP contribution in [0.2, 0.25) is 0 Å². The van der Waals surface area contributed by atoms with Gasteiger partial charge in [0, 0.05) is 98.4 Å². The number of pyridine rings is 1. The molecule has 0 bridgehead atoms. The first-order chi connectivity index (χ1) is 72.8. The molecule has 0 radical (unpaired) electrons. The summed E-state index contributed by atoms with van der Waals surface area (Å²) in [4.78, 5) is 34.9. The summed E-state index contributed by atoms with van der Waals surface area (Å²) >= 11 is 1.87. The van der Waals surface area contributed by atoms with Crippen LogP contribution >= 0.6 is 11.3 Å². The molecule has 9 heteroatoms. The standard InChI is InChI=1S/C138H88N8S/c1-5-30-89(31-6-1)125-83-108(100-45-23-38-93(72-100)87-62-64-88(65-63-87)94-39-25-46-104(74-94)112-56-29-57-121-120-55-18-22-61-133(120)147-134(112)121)84-126(139-125)105-47-26-42-97(75-105)99-44-28-49-107(77-99)137-143-135(92-36-11-4-12-37-92)142-136(144-137)106-48-27-43-98(76-106)95-40-24-41-96(73-95)101-66-69-115-113-50-13-14-51-114(113)122-81-102(67-70-116(122)123(115)80-101)103-68-71-132-124(82-103)119-54-17-21-60-131(119)146(132)111-79-109(78-110(85-111)145-129-58-19-15-52-117(129)118-53-16-20-59-130(118)145)138-140-127(90-32-7-2-8-33-90)86-128(141-138)91-34-9-3-10-35-91/h1-86,119,131H. The average Bonchev–Trinajstić information content (AvgIpc) is 1.63. The van der Waals surface area contributed by atoms with Crippen molar-refractivity contribution in [2.45, 2.75) is 12.0 Å². The first-order valence-corrected chi connectivity index (χ1v) is 50.9. The number of hydrogen-bond acceptors (Lipinski definition) is 8. The summed E-state index contributed by atoms with van der Waals surface area (Å²) in [6, 6.07) is 180. The Morgan fingerprint density at radius 3 is 1.12 bits per heavy atom. The van der Waals surface area contributed by atoms with E-state index in [4.69, 9.17) is 29.9 Å². The monoisotopic (exact) mass is 1890 g/mol. The average molecular weight is 1890 g/mol. The van der Waals surface area contributed by atoms with E-state index in [1.807, 2.05) is 29.5 Å². The van der Waals surface area contributed by atoms with Gasteiger partial charge in [-0.05, 0) is 242 Å². The third-order valence-corrected chi connectivity index (χ3v) is 30.7. The van der Waals surface area contributed by atoms with Crippen LogP contribution in [-0.4, -0.2) is 40.5 Å². The zero-order chi connectivity index (χ0) is 96.9. The molecule has 1 aliphatic carbocycles. The normalized spacial score (nSPS) is 13.2. The number of thiophene rings is 1. The first-order valence-electron chi connectivity index (χ1n) is 50.1. The predicted octanol–water partition coefficient (Wildman–Crippen LogP) is 36.4. The van der Waals surface area contributed by atoms with E-state index >= 15 is 0 Å². The second kappa shape index (κ2) is 36.2. The Morgan fingerprint density at radius 2 is 0.551 bits per heavy atom. The Hall–Kier alpha value is -19.1. The molecule has 5 aromatic heterocycles. The summed E-state index contributed by atoms with van der Waals surface area (Å²) in [5, 5.41) is 12.3. The van der Waals surface area contributed by atoms with E-state index < -0.39 is 0 Å². The molecule has 0 saturated heterocycles. The number of para-hydroxylation sites is 2. The molecule has 2 atom stereocenters. The summed E-state index contributed by atoms with van der Waals surface area (Å²) in [6.45, 7) is 0. The maximum atomic E-state index is 5.47. The van der Waals surface area contributed by atoms with Crippen LogP contribution in [0.15, 0.2) is 522 Å². The van der Waals surface area contributed by atoms with Gasteiger partial charge in [0.05, 0.1) is 39.9 Å². The van der Waals surface area contributed by atoms with Crippen molar-refractivity contribution in [1.29, 1.82) is 0 Å². The molecule has 2 unspecified atom stereocenters. The minimum atomic E-state index is -0.0108. The van der Waals surface area contributed by atoms with E-state index in [1.165, 1.54) is 91.1 Å². The molecule has 2 aliphatic rings. The van der Waals surface area contributed by atoms with E-state index in [1.54, 1.807) is 0 Å². The molecule has 0 amide bonds. The van der Waals surface area contributed by atoms with Crippen LogP contribution in [0.5, 0.6) is 0 Å². The summed E-state index contributed by atoms with van der Waals surface area (Å²) in [7, 11) is 0. The van der Waals surface area contributed by atoms with Crippen molar-refractivity contribution in [3.05, 3.63) is 527 Å². The molecule has 686 valence electrons. The van der Waals surface area contributed by atoms with Crippen LogP contribution < -0.4 is 4.90 Å². The van der Waals surface area contributed by atoms with Crippen molar-refractivity contribution >= 4 is 97.0 Å². The number of benzene rings is 21. The molecule has 8 nitrogen and oxygen atoms in total. The third kappa shape index (κ3) is 15.7. The maximum Gasteiger partial charge on any atom is 0.164 e. The van der Waals surface area contributed by atoms with Crippen molar-refractivity contribution in [2.24, 2.45) is 0 Å². The van der Waals surface area contributed by atoms with E-state index in [0.29, 0.717) is 23.3 Å². The number of rotatable bonds is 18. The van der Waals surface area contributed by atoms with Gasteiger partial charge < -0.3 is 9.47 Å². The first kappa shape index (κ1) is 85.9. The van der Waals surface area contributed by atoms with Crippen molar-refractivity contribution in [1.82, 2.24) is 34.5 Å². The molecular weight excluding hydrogens is 1800 g/mol. The highest BCUT2D eigenvalue weighted by Crippen LogP contribution is 2.53. The topological polar surface area (TPSA) is 85.5 Å². The van der Waals surface area contributed by atoms with Crippen molar-refractivity contribution in [2.75, 3.05) is 4.90 Å². The maximum absolute atomic E-state index is 5.47. The highest BCUT2D eigenvalue weighted by molar-refractivity contribution is 7.26. The Bertz CT molecular complexity index is 9720. The van der Waals surface area contributed by atoms with Crippen LogP contribution in [0.3, 0.4) is 0 Å². The molecule has 0 spiro atoms. The lowest BCUT2D eigenvalue weighted by atomic mass is 9.88. The van der Waals surface area contributed by atoms with E-state index in [2.05, 4.69) is 513 Å². The molecule has 6 heterocycles. The third-order valence-electron chi connectivity index (χ3n) is 29.5. The Labute approximate surface area is 854 Å². The molecule has 0 fully saturated rings. The fourth-order valence-corrected chi connectivity index (χ4v) is 23.6. The Morgan fingerprint density at radius 1 is 0.190 bits per heavy atom. The van der Waals surface area contributed by atoms with Gasteiger partial charge in [-0.25, -0.2) is 29.9 Å². The van der Waals surface area contributed by atoms with Crippen LogP contribution in [0.1, 0.15) is 11.5 Å². The molecular formula is C138H88N8S.